The molecule has 0 aliphatic heterocycles. The van der Waals surface area contributed by atoms with Crippen LogP contribution in [0.3, 0.4) is 0 Å². The molecule has 14 heavy (non-hydrogen) atoms. The highest BCUT2D eigenvalue weighted by molar-refractivity contribution is 4.85. The fourth-order valence-electron chi connectivity index (χ4n) is 3.25. The molecule has 0 bridgehead atoms. The lowest BCUT2D eigenvalue weighted by molar-refractivity contribution is 0.265. The summed E-state index contributed by atoms with van der Waals surface area (Å²) < 4.78 is 0. The molecular formula is C14H28. The van der Waals surface area contributed by atoms with E-state index < -0.39 is 0 Å². The first-order valence-corrected chi connectivity index (χ1v) is 6.59. The van der Waals surface area contributed by atoms with Gasteiger partial charge in [0.25, 0.3) is 0 Å². The van der Waals surface area contributed by atoms with Crippen molar-refractivity contribution in [2.75, 3.05) is 0 Å². The first kappa shape index (κ1) is 12.1. The summed E-state index contributed by atoms with van der Waals surface area (Å²) in [6.07, 6.45) is 10.1. The highest BCUT2D eigenvalue weighted by Gasteiger charge is 2.34. The lowest BCUT2D eigenvalue weighted by Crippen LogP contribution is -2.14. The summed E-state index contributed by atoms with van der Waals surface area (Å²) >= 11 is 0. The van der Waals surface area contributed by atoms with Gasteiger partial charge in [-0.05, 0) is 36.5 Å². The number of hydrogen-bond acceptors (Lipinski definition) is 0. The van der Waals surface area contributed by atoms with Crippen molar-refractivity contribution < 1.29 is 0 Å². The van der Waals surface area contributed by atoms with E-state index in [2.05, 4.69) is 27.7 Å². The van der Waals surface area contributed by atoms with Crippen molar-refractivity contribution in [3.05, 3.63) is 0 Å². The molecule has 1 fully saturated rings. The molecule has 1 rings (SSSR count). The molecular weight excluding hydrogens is 168 g/mol. The van der Waals surface area contributed by atoms with E-state index in [1.807, 2.05) is 0 Å². The second-order valence-corrected chi connectivity index (χ2v) is 6.00. The average Bonchev–Trinajstić information content (AvgIpc) is 2.46. The molecule has 0 aromatic heterocycles. The molecule has 1 saturated carbocycles. The SMILES string of the molecule is CCCC(CCC)C1CCC(C)(C)C1. The summed E-state index contributed by atoms with van der Waals surface area (Å²) in [7, 11) is 0. The van der Waals surface area contributed by atoms with Crippen LogP contribution in [0.25, 0.3) is 0 Å². The first-order chi connectivity index (χ1) is 6.59. The largest absolute Gasteiger partial charge is 0.0654 e. The fourth-order valence-corrected chi connectivity index (χ4v) is 3.25. The molecule has 1 aliphatic carbocycles. The molecule has 0 heteroatoms. The van der Waals surface area contributed by atoms with E-state index in [1.165, 1.54) is 44.9 Å². The van der Waals surface area contributed by atoms with E-state index in [0.717, 1.165) is 11.8 Å². The molecule has 0 N–H and O–H groups in total. The molecule has 0 spiro atoms. The van der Waals surface area contributed by atoms with Crippen LogP contribution < -0.4 is 0 Å². The Bertz CT molecular complexity index is 151. The minimum Gasteiger partial charge on any atom is -0.0654 e. The molecule has 0 nitrogen and oxygen atoms in total. The quantitative estimate of drug-likeness (QED) is 0.578. The zero-order valence-electron chi connectivity index (χ0n) is 10.6. The van der Waals surface area contributed by atoms with Crippen LogP contribution in [0, 0.1) is 17.3 Å². The van der Waals surface area contributed by atoms with Gasteiger partial charge in [-0.25, -0.2) is 0 Å². The van der Waals surface area contributed by atoms with Gasteiger partial charge < -0.3 is 0 Å². The van der Waals surface area contributed by atoms with Gasteiger partial charge in [0.1, 0.15) is 0 Å². The lowest BCUT2D eigenvalue weighted by Gasteiger charge is -2.24. The second-order valence-electron chi connectivity index (χ2n) is 6.00. The maximum Gasteiger partial charge on any atom is -0.0351 e. The summed E-state index contributed by atoms with van der Waals surface area (Å²) in [6.45, 7) is 9.56. The van der Waals surface area contributed by atoms with Gasteiger partial charge in [-0.3, -0.25) is 0 Å². The average molecular weight is 196 g/mol. The Morgan fingerprint density at radius 2 is 1.71 bits per heavy atom. The van der Waals surface area contributed by atoms with Gasteiger partial charge in [0.05, 0.1) is 0 Å². The van der Waals surface area contributed by atoms with Crippen molar-refractivity contribution in [2.45, 2.75) is 72.6 Å². The van der Waals surface area contributed by atoms with E-state index in [9.17, 15) is 0 Å². The second kappa shape index (κ2) is 5.19. The summed E-state index contributed by atoms with van der Waals surface area (Å²) in [5.74, 6) is 2.08. The van der Waals surface area contributed by atoms with Crippen molar-refractivity contribution in [2.24, 2.45) is 17.3 Å². The molecule has 0 aromatic rings. The highest BCUT2D eigenvalue weighted by atomic mass is 14.4. The van der Waals surface area contributed by atoms with Crippen LogP contribution in [0.1, 0.15) is 72.6 Å². The summed E-state index contributed by atoms with van der Waals surface area (Å²) in [5.41, 5.74) is 0.643. The van der Waals surface area contributed by atoms with Crippen LogP contribution in [0.4, 0.5) is 0 Å². The molecule has 1 atom stereocenters. The van der Waals surface area contributed by atoms with Gasteiger partial charge in [0, 0.05) is 0 Å². The Balaban J connectivity index is 2.44. The third kappa shape index (κ3) is 3.29. The van der Waals surface area contributed by atoms with Crippen molar-refractivity contribution in [3.8, 4) is 0 Å². The summed E-state index contributed by atoms with van der Waals surface area (Å²) in [6, 6.07) is 0. The normalized spacial score (nSPS) is 25.9. The van der Waals surface area contributed by atoms with Crippen molar-refractivity contribution in [3.63, 3.8) is 0 Å². The summed E-state index contributed by atoms with van der Waals surface area (Å²) in [5, 5.41) is 0. The topological polar surface area (TPSA) is 0 Å². The highest BCUT2D eigenvalue weighted by Crippen LogP contribution is 2.46. The Morgan fingerprint density at radius 3 is 2.07 bits per heavy atom. The Morgan fingerprint density at radius 1 is 1.14 bits per heavy atom. The molecule has 0 aromatic carbocycles. The lowest BCUT2D eigenvalue weighted by atomic mass is 9.81. The van der Waals surface area contributed by atoms with E-state index in [1.54, 1.807) is 0 Å². The smallest absolute Gasteiger partial charge is 0.0351 e. The third-order valence-electron chi connectivity index (χ3n) is 3.99. The van der Waals surface area contributed by atoms with Crippen molar-refractivity contribution in [1.29, 1.82) is 0 Å². The molecule has 1 aliphatic rings. The standard InChI is InChI=1S/C14H28/c1-5-7-12(8-6-2)13-9-10-14(3,4)11-13/h12-13H,5-11H2,1-4H3. The Labute approximate surface area is 90.5 Å². The van der Waals surface area contributed by atoms with Crippen LogP contribution in [-0.4, -0.2) is 0 Å². The van der Waals surface area contributed by atoms with E-state index in [0.29, 0.717) is 5.41 Å². The van der Waals surface area contributed by atoms with E-state index in [4.69, 9.17) is 0 Å². The molecule has 0 heterocycles. The molecule has 0 radical (unpaired) electrons. The zero-order valence-corrected chi connectivity index (χ0v) is 10.6. The Kier molecular flexibility index (Phi) is 4.47. The zero-order chi connectivity index (χ0) is 10.6. The van der Waals surface area contributed by atoms with Crippen molar-refractivity contribution >= 4 is 0 Å². The van der Waals surface area contributed by atoms with E-state index in [-0.39, 0.29) is 0 Å². The van der Waals surface area contributed by atoms with Gasteiger partial charge in [-0.1, -0.05) is 53.4 Å². The van der Waals surface area contributed by atoms with Crippen LogP contribution in [0.15, 0.2) is 0 Å². The predicted octanol–water partition coefficient (Wildman–Crippen LogP) is 5.03. The van der Waals surface area contributed by atoms with E-state index >= 15 is 0 Å². The molecule has 84 valence electrons. The van der Waals surface area contributed by atoms with Crippen LogP contribution in [0.5, 0.6) is 0 Å². The number of rotatable bonds is 5. The minimum absolute atomic E-state index is 0.643. The molecule has 0 amide bonds. The van der Waals surface area contributed by atoms with Gasteiger partial charge in [0.2, 0.25) is 0 Å². The molecule has 1 unspecified atom stereocenters. The molecule has 0 saturated heterocycles. The van der Waals surface area contributed by atoms with Gasteiger partial charge in [-0.15, -0.1) is 0 Å². The first-order valence-electron chi connectivity index (χ1n) is 6.59. The van der Waals surface area contributed by atoms with Crippen molar-refractivity contribution in [1.82, 2.24) is 0 Å². The van der Waals surface area contributed by atoms with Gasteiger partial charge in [0.15, 0.2) is 0 Å². The Hall–Kier alpha value is 0. The van der Waals surface area contributed by atoms with Crippen LogP contribution in [-0.2, 0) is 0 Å². The van der Waals surface area contributed by atoms with Gasteiger partial charge in [-0.2, -0.15) is 0 Å². The minimum atomic E-state index is 0.643. The third-order valence-corrected chi connectivity index (χ3v) is 3.99. The summed E-state index contributed by atoms with van der Waals surface area (Å²) in [4.78, 5) is 0. The van der Waals surface area contributed by atoms with Crippen LogP contribution >= 0.6 is 0 Å². The van der Waals surface area contributed by atoms with Crippen LogP contribution in [0.2, 0.25) is 0 Å². The maximum absolute atomic E-state index is 2.45. The number of hydrogen-bond donors (Lipinski definition) is 0. The monoisotopic (exact) mass is 196 g/mol. The predicted molar refractivity (Wildman–Crippen MR) is 64.4 cm³/mol. The maximum atomic E-state index is 2.45. The van der Waals surface area contributed by atoms with Gasteiger partial charge >= 0.3 is 0 Å². The fraction of sp³-hybridized carbons (Fsp3) is 1.00.